The van der Waals surface area contributed by atoms with Crippen LogP contribution in [0.15, 0.2) is 35.9 Å². The predicted molar refractivity (Wildman–Crippen MR) is 165 cm³/mol. The molecule has 5 aliphatic rings. The van der Waals surface area contributed by atoms with Gasteiger partial charge in [0.1, 0.15) is 11.9 Å². The fourth-order valence-corrected chi connectivity index (χ4v) is 11.8. The number of hydrogen-bond donors (Lipinski definition) is 3. The minimum atomic E-state index is -0.682. The average molecular weight is 593 g/mol. The van der Waals surface area contributed by atoms with Gasteiger partial charge < -0.3 is 20.1 Å². The molecule has 0 spiro atoms. The number of phenols is 1. The molecule has 0 aromatic heterocycles. The highest BCUT2D eigenvalue weighted by Gasteiger charge is 2.70. The Labute approximate surface area is 257 Å². The van der Waals surface area contributed by atoms with Gasteiger partial charge in [0, 0.05) is 17.3 Å². The molecule has 1 aromatic carbocycles. The molecule has 236 valence electrons. The zero-order valence-corrected chi connectivity index (χ0v) is 27.2. The van der Waals surface area contributed by atoms with Gasteiger partial charge in [-0.3, -0.25) is 4.79 Å². The third kappa shape index (κ3) is 4.20. The number of benzene rings is 1. The van der Waals surface area contributed by atoms with Gasteiger partial charge in [-0.15, -0.1) is 0 Å². The van der Waals surface area contributed by atoms with Gasteiger partial charge in [-0.2, -0.15) is 0 Å². The van der Waals surface area contributed by atoms with Gasteiger partial charge in [0.15, 0.2) is 0 Å². The van der Waals surface area contributed by atoms with Gasteiger partial charge >= 0.3 is 11.9 Å². The third-order valence-electron chi connectivity index (χ3n) is 14.2. The van der Waals surface area contributed by atoms with Crippen LogP contribution in [-0.2, 0) is 9.53 Å². The second kappa shape index (κ2) is 9.58. The van der Waals surface area contributed by atoms with Crippen LogP contribution in [0.5, 0.6) is 5.75 Å². The van der Waals surface area contributed by atoms with Crippen molar-refractivity contribution in [3.8, 4) is 5.75 Å². The number of aliphatic carboxylic acids is 1. The van der Waals surface area contributed by atoms with Crippen molar-refractivity contribution >= 4 is 11.9 Å². The lowest BCUT2D eigenvalue weighted by atomic mass is 9.34. The van der Waals surface area contributed by atoms with Gasteiger partial charge in [-0.1, -0.05) is 60.1 Å². The van der Waals surface area contributed by atoms with Gasteiger partial charge in [0.05, 0.1) is 17.1 Å². The van der Waals surface area contributed by atoms with Crippen molar-refractivity contribution < 1.29 is 29.6 Å². The summed E-state index contributed by atoms with van der Waals surface area (Å²) in [6.45, 7) is 16.1. The minimum Gasteiger partial charge on any atom is -0.508 e. The Morgan fingerprint density at radius 3 is 2.07 bits per heavy atom. The summed E-state index contributed by atoms with van der Waals surface area (Å²) in [6.07, 6.45) is 8.79. The second-order valence-corrected chi connectivity index (χ2v) is 17.1. The molecule has 4 saturated carbocycles. The fourth-order valence-electron chi connectivity index (χ4n) is 11.8. The van der Waals surface area contributed by atoms with E-state index in [4.69, 9.17) is 4.74 Å². The van der Waals surface area contributed by atoms with Crippen LogP contribution in [0, 0.1) is 50.2 Å². The third-order valence-corrected chi connectivity index (χ3v) is 14.2. The first-order chi connectivity index (χ1) is 19.9. The number of hydrogen-bond acceptors (Lipinski definition) is 5. The number of phenolic OH excluding ortho intramolecular Hbond substituents is 1. The lowest BCUT2D eigenvalue weighted by molar-refractivity contribution is -0.230. The van der Waals surface area contributed by atoms with E-state index in [0.717, 1.165) is 44.9 Å². The quantitative estimate of drug-likeness (QED) is 0.245. The summed E-state index contributed by atoms with van der Waals surface area (Å²) >= 11 is 0. The molecule has 43 heavy (non-hydrogen) atoms. The number of carboxylic acid groups (broad SMARTS) is 1. The molecule has 0 saturated heterocycles. The Balaban J connectivity index is 1.33. The van der Waals surface area contributed by atoms with Crippen molar-refractivity contribution in [1.82, 2.24) is 0 Å². The number of aliphatic hydroxyl groups excluding tert-OH is 1. The molecule has 0 aliphatic heterocycles. The standard InChI is InChI=1S/C37H52O6/c1-32(2)18-19-37(31(41)42)17-14-25-34(5)15-12-24-33(3,4)29(43-30(40)22-8-10-23(38)11-9-22)20-28(39)36(24,7)26(34)13-16-35(25,6)27(37)21-32/h8-11,14,24,26-29,38-39H,12-13,15-21H2,1-7H3,(H,41,42)/t24-,26-,27-,28+,29-,34-,35+,36-,37+/m0/s1. The minimum absolute atomic E-state index is 0.100. The van der Waals surface area contributed by atoms with E-state index in [0.29, 0.717) is 18.4 Å². The van der Waals surface area contributed by atoms with E-state index in [1.165, 1.54) is 17.7 Å². The molecule has 3 N–H and O–H groups in total. The van der Waals surface area contributed by atoms with E-state index in [9.17, 15) is 24.9 Å². The Hall–Kier alpha value is -2.34. The lowest BCUT2D eigenvalue weighted by Crippen LogP contribution is -2.67. The van der Waals surface area contributed by atoms with E-state index in [-0.39, 0.29) is 50.6 Å². The first-order valence-electron chi connectivity index (χ1n) is 16.5. The largest absolute Gasteiger partial charge is 0.508 e. The number of allylic oxidation sites excluding steroid dienone is 2. The van der Waals surface area contributed by atoms with Gasteiger partial charge in [0.25, 0.3) is 0 Å². The maximum atomic E-state index is 13.1. The Bertz CT molecular complexity index is 1340. The van der Waals surface area contributed by atoms with Crippen molar-refractivity contribution in [3.63, 3.8) is 0 Å². The number of carboxylic acids is 1. The summed E-state index contributed by atoms with van der Waals surface area (Å²) in [4.78, 5) is 26.1. The molecule has 1 aromatic rings. The molecule has 0 unspecified atom stereocenters. The molecule has 5 aliphatic carbocycles. The second-order valence-electron chi connectivity index (χ2n) is 17.1. The molecular formula is C37H52O6. The highest BCUT2D eigenvalue weighted by molar-refractivity contribution is 5.89. The van der Waals surface area contributed by atoms with E-state index in [1.807, 2.05) is 0 Å². The Morgan fingerprint density at radius 1 is 0.837 bits per heavy atom. The van der Waals surface area contributed by atoms with Crippen molar-refractivity contribution in [2.75, 3.05) is 0 Å². The highest BCUT2D eigenvalue weighted by atomic mass is 16.5. The molecule has 6 heteroatoms. The molecule has 6 rings (SSSR count). The number of carbonyl (C=O) groups excluding carboxylic acids is 1. The molecule has 0 heterocycles. The highest BCUT2D eigenvalue weighted by Crippen LogP contribution is 2.75. The molecule has 9 atom stereocenters. The summed E-state index contributed by atoms with van der Waals surface area (Å²) < 4.78 is 6.12. The summed E-state index contributed by atoms with van der Waals surface area (Å²) in [5.41, 5.74) is 0.333. The molecule has 4 fully saturated rings. The number of esters is 1. The molecule has 0 radical (unpaired) electrons. The summed E-state index contributed by atoms with van der Waals surface area (Å²) in [5, 5.41) is 32.3. The number of aliphatic hydroxyl groups is 1. The van der Waals surface area contributed by atoms with Crippen LogP contribution in [0.3, 0.4) is 0 Å². The zero-order valence-electron chi connectivity index (χ0n) is 27.2. The van der Waals surface area contributed by atoms with Gasteiger partial charge in [-0.25, -0.2) is 4.79 Å². The average Bonchev–Trinajstić information content (AvgIpc) is 2.91. The fraction of sp³-hybridized carbons (Fsp3) is 0.730. The van der Waals surface area contributed by atoms with Crippen molar-refractivity contribution in [1.29, 1.82) is 0 Å². The molecular weight excluding hydrogens is 540 g/mol. The summed E-state index contributed by atoms with van der Waals surface area (Å²) in [5.74, 6) is -0.406. The van der Waals surface area contributed by atoms with Gasteiger partial charge in [0.2, 0.25) is 0 Å². The number of aromatic hydroxyl groups is 1. The summed E-state index contributed by atoms with van der Waals surface area (Å²) in [6, 6.07) is 6.12. The van der Waals surface area contributed by atoms with E-state index < -0.39 is 29.6 Å². The maximum absolute atomic E-state index is 13.1. The Kier molecular flexibility index (Phi) is 6.83. The van der Waals surface area contributed by atoms with Crippen molar-refractivity contribution in [2.45, 2.75) is 118 Å². The molecule has 0 bridgehead atoms. The number of fused-ring (bicyclic) bond motifs is 7. The van der Waals surface area contributed by atoms with Crippen LogP contribution in [0.2, 0.25) is 0 Å². The zero-order chi connectivity index (χ0) is 31.4. The predicted octanol–water partition coefficient (Wildman–Crippen LogP) is 7.77. The maximum Gasteiger partial charge on any atom is 0.338 e. The van der Waals surface area contributed by atoms with Crippen LogP contribution < -0.4 is 0 Å². The normalized spacial score (nSPS) is 44.5. The smallest absolute Gasteiger partial charge is 0.338 e. The van der Waals surface area contributed by atoms with Gasteiger partial charge in [-0.05, 0) is 110 Å². The number of ether oxygens (including phenoxy) is 1. The van der Waals surface area contributed by atoms with Crippen LogP contribution in [0.1, 0.15) is 117 Å². The summed E-state index contributed by atoms with van der Waals surface area (Å²) in [7, 11) is 0. The lowest BCUT2D eigenvalue weighted by Gasteiger charge is -2.70. The Morgan fingerprint density at radius 2 is 1.44 bits per heavy atom. The molecule has 0 amide bonds. The van der Waals surface area contributed by atoms with Crippen LogP contribution in [0.25, 0.3) is 0 Å². The van der Waals surface area contributed by atoms with Crippen LogP contribution >= 0.6 is 0 Å². The first kappa shape index (κ1) is 30.7. The SMILES string of the molecule is CC1(C)CC[C@]2(C(=O)O)CC=C3[C@]4(C)CC[C@H]5C(C)(C)[C@@H](OC(=O)c6ccc(O)cc6)C[C@@H](O)[C@]5(C)[C@H]4CC[C@@]3(C)[C@@H]2C1. The topological polar surface area (TPSA) is 104 Å². The number of rotatable bonds is 3. The van der Waals surface area contributed by atoms with Crippen molar-refractivity contribution in [2.24, 2.45) is 50.2 Å². The van der Waals surface area contributed by atoms with E-state index >= 15 is 0 Å². The van der Waals surface area contributed by atoms with E-state index in [1.54, 1.807) is 12.1 Å². The van der Waals surface area contributed by atoms with Crippen LogP contribution in [0.4, 0.5) is 0 Å². The number of carbonyl (C=O) groups is 2. The van der Waals surface area contributed by atoms with Crippen LogP contribution in [-0.4, -0.2) is 39.5 Å². The molecule has 6 nitrogen and oxygen atoms in total. The van der Waals surface area contributed by atoms with Crippen molar-refractivity contribution in [3.05, 3.63) is 41.5 Å². The first-order valence-corrected chi connectivity index (χ1v) is 16.5. The monoisotopic (exact) mass is 592 g/mol. The van der Waals surface area contributed by atoms with E-state index in [2.05, 4.69) is 54.5 Å².